The molecule has 3 nitrogen and oxygen atoms in total. The zero-order valence-corrected chi connectivity index (χ0v) is 12.2. The molecule has 1 unspecified atom stereocenters. The molecule has 17 heavy (non-hydrogen) atoms. The Kier molecular flexibility index (Phi) is 5.16. The number of aliphatic hydroxyl groups excluding tert-OH is 1. The highest BCUT2D eigenvalue weighted by Gasteiger charge is 2.13. The number of aliphatic hydroxyl groups is 1. The average Bonchev–Trinajstić information content (AvgIpc) is 2.59. The topological polar surface area (TPSA) is 54.4 Å². The van der Waals surface area contributed by atoms with Crippen molar-refractivity contribution >= 4 is 21.2 Å². The van der Waals surface area contributed by atoms with Crippen molar-refractivity contribution in [2.45, 2.75) is 39.7 Å². The molecule has 5 heteroatoms. The second-order valence-electron chi connectivity index (χ2n) is 4.28. The predicted molar refractivity (Wildman–Crippen MR) is 72.3 cm³/mol. The number of rotatable bonds is 6. The fourth-order valence-electron chi connectivity index (χ4n) is 1.55. The molecule has 1 aromatic rings. The van der Waals surface area contributed by atoms with Gasteiger partial charge < -0.3 is 5.11 Å². The summed E-state index contributed by atoms with van der Waals surface area (Å²) in [5.74, 6) is 0.351. The van der Waals surface area contributed by atoms with Crippen LogP contribution in [0.25, 0.3) is 0 Å². The van der Waals surface area contributed by atoms with Gasteiger partial charge in [0.05, 0.1) is 11.9 Å². The van der Waals surface area contributed by atoms with Crippen molar-refractivity contribution in [2.24, 2.45) is 0 Å². The number of hydrogen-bond donors (Lipinski definition) is 1. The van der Waals surface area contributed by atoms with Crippen LogP contribution in [0.15, 0.2) is 6.07 Å². The first kappa shape index (κ1) is 14.7. The normalized spacial score (nSPS) is 13.9. The fraction of sp³-hybridized carbons (Fsp3) is 0.667. The van der Waals surface area contributed by atoms with Gasteiger partial charge in [-0.25, -0.2) is 8.42 Å². The Labute approximate surface area is 107 Å². The number of thiophene rings is 1. The molecule has 1 atom stereocenters. The molecule has 0 bridgehead atoms. The first-order chi connectivity index (χ1) is 7.85. The van der Waals surface area contributed by atoms with Crippen LogP contribution in [0.2, 0.25) is 0 Å². The zero-order chi connectivity index (χ0) is 13.1. The Balaban J connectivity index is 2.48. The van der Waals surface area contributed by atoms with Crippen LogP contribution in [0.4, 0.5) is 0 Å². The van der Waals surface area contributed by atoms with E-state index < -0.39 is 15.9 Å². The van der Waals surface area contributed by atoms with E-state index in [-0.39, 0.29) is 11.5 Å². The molecule has 0 spiro atoms. The van der Waals surface area contributed by atoms with Crippen LogP contribution >= 0.6 is 11.3 Å². The van der Waals surface area contributed by atoms with Crippen molar-refractivity contribution in [1.82, 2.24) is 0 Å². The molecule has 0 fully saturated rings. The SMILES string of the molecule is CCS(=O)(=O)CCCC(O)c1cc(C)c(C)s1. The van der Waals surface area contributed by atoms with Gasteiger partial charge in [0.2, 0.25) is 0 Å². The van der Waals surface area contributed by atoms with Crippen molar-refractivity contribution in [3.63, 3.8) is 0 Å². The maximum absolute atomic E-state index is 11.3. The highest BCUT2D eigenvalue weighted by atomic mass is 32.2. The summed E-state index contributed by atoms with van der Waals surface area (Å²) in [5, 5.41) is 9.94. The molecule has 0 saturated carbocycles. The predicted octanol–water partition coefficient (Wildman–Crippen LogP) is 2.61. The Morgan fingerprint density at radius 1 is 1.41 bits per heavy atom. The summed E-state index contributed by atoms with van der Waals surface area (Å²) in [6, 6.07) is 1.99. The third-order valence-electron chi connectivity index (χ3n) is 2.89. The smallest absolute Gasteiger partial charge is 0.150 e. The number of aryl methyl sites for hydroxylation is 2. The van der Waals surface area contributed by atoms with Crippen molar-refractivity contribution in [1.29, 1.82) is 0 Å². The van der Waals surface area contributed by atoms with E-state index in [0.29, 0.717) is 12.8 Å². The van der Waals surface area contributed by atoms with E-state index in [0.717, 1.165) is 4.88 Å². The molecule has 0 aliphatic carbocycles. The van der Waals surface area contributed by atoms with Crippen LogP contribution in [-0.4, -0.2) is 25.0 Å². The van der Waals surface area contributed by atoms with Gasteiger partial charge >= 0.3 is 0 Å². The molecule has 0 aromatic carbocycles. The summed E-state index contributed by atoms with van der Waals surface area (Å²) in [4.78, 5) is 2.15. The van der Waals surface area contributed by atoms with E-state index in [9.17, 15) is 13.5 Å². The molecule has 0 saturated heterocycles. The minimum atomic E-state index is -2.91. The van der Waals surface area contributed by atoms with E-state index in [4.69, 9.17) is 0 Å². The summed E-state index contributed by atoms with van der Waals surface area (Å²) >= 11 is 1.59. The van der Waals surface area contributed by atoms with Gasteiger partial charge in [-0.2, -0.15) is 0 Å². The van der Waals surface area contributed by atoms with Gasteiger partial charge in [-0.05, 0) is 38.3 Å². The van der Waals surface area contributed by atoms with Gasteiger partial charge in [-0.1, -0.05) is 6.92 Å². The second-order valence-corrected chi connectivity index (χ2v) is 8.04. The summed E-state index contributed by atoms with van der Waals surface area (Å²) in [5.41, 5.74) is 1.19. The van der Waals surface area contributed by atoms with Gasteiger partial charge in [-0.15, -0.1) is 11.3 Å². The average molecular weight is 276 g/mol. The van der Waals surface area contributed by atoms with Gasteiger partial charge in [0.15, 0.2) is 0 Å². The third kappa shape index (κ3) is 4.41. The lowest BCUT2D eigenvalue weighted by Gasteiger charge is -2.07. The molecular formula is C12H20O3S2. The van der Waals surface area contributed by atoms with Crippen LogP contribution in [0.1, 0.15) is 41.2 Å². The zero-order valence-electron chi connectivity index (χ0n) is 10.6. The quantitative estimate of drug-likeness (QED) is 0.869. The molecule has 0 aliphatic heterocycles. The Morgan fingerprint density at radius 3 is 2.53 bits per heavy atom. The van der Waals surface area contributed by atoms with E-state index in [2.05, 4.69) is 0 Å². The molecule has 1 heterocycles. The summed E-state index contributed by atoms with van der Waals surface area (Å²) in [6.45, 7) is 5.69. The van der Waals surface area contributed by atoms with Crippen molar-refractivity contribution in [3.8, 4) is 0 Å². The summed E-state index contributed by atoms with van der Waals surface area (Å²) in [7, 11) is -2.91. The standard InChI is InChI=1S/C12H20O3S2/c1-4-17(14,15)7-5-6-11(13)12-8-9(2)10(3)16-12/h8,11,13H,4-7H2,1-3H3. The monoisotopic (exact) mass is 276 g/mol. The van der Waals surface area contributed by atoms with Crippen LogP contribution in [0, 0.1) is 13.8 Å². The summed E-state index contributed by atoms with van der Waals surface area (Å²) < 4.78 is 22.6. The first-order valence-electron chi connectivity index (χ1n) is 5.81. The van der Waals surface area contributed by atoms with E-state index in [1.807, 2.05) is 19.9 Å². The molecule has 1 rings (SSSR count). The van der Waals surface area contributed by atoms with Crippen molar-refractivity contribution < 1.29 is 13.5 Å². The summed E-state index contributed by atoms with van der Waals surface area (Å²) in [6.07, 6.45) is 0.505. The highest BCUT2D eigenvalue weighted by Crippen LogP contribution is 2.28. The number of hydrogen-bond acceptors (Lipinski definition) is 4. The molecular weight excluding hydrogens is 256 g/mol. The molecule has 0 radical (unpaired) electrons. The third-order valence-corrected chi connectivity index (χ3v) is 5.93. The van der Waals surface area contributed by atoms with Crippen molar-refractivity contribution in [3.05, 3.63) is 21.4 Å². The Hall–Kier alpha value is -0.390. The van der Waals surface area contributed by atoms with Crippen LogP contribution in [0.3, 0.4) is 0 Å². The highest BCUT2D eigenvalue weighted by molar-refractivity contribution is 7.91. The second kappa shape index (κ2) is 5.98. The van der Waals surface area contributed by atoms with Gasteiger partial charge in [0.1, 0.15) is 9.84 Å². The lowest BCUT2D eigenvalue weighted by Crippen LogP contribution is -2.09. The minimum absolute atomic E-state index is 0.171. The molecule has 98 valence electrons. The Bertz CT molecular complexity index is 441. The maximum atomic E-state index is 11.3. The molecule has 1 N–H and O–H groups in total. The van der Waals surface area contributed by atoms with E-state index in [1.165, 1.54) is 10.4 Å². The lowest BCUT2D eigenvalue weighted by atomic mass is 10.1. The maximum Gasteiger partial charge on any atom is 0.150 e. The van der Waals surface area contributed by atoms with Gasteiger partial charge in [0, 0.05) is 15.5 Å². The van der Waals surface area contributed by atoms with Crippen LogP contribution in [-0.2, 0) is 9.84 Å². The van der Waals surface area contributed by atoms with Crippen LogP contribution < -0.4 is 0 Å². The van der Waals surface area contributed by atoms with Crippen LogP contribution in [0.5, 0.6) is 0 Å². The molecule has 1 aromatic heterocycles. The number of sulfone groups is 1. The fourth-order valence-corrected chi connectivity index (χ4v) is 3.51. The van der Waals surface area contributed by atoms with E-state index in [1.54, 1.807) is 18.3 Å². The van der Waals surface area contributed by atoms with E-state index >= 15 is 0 Å². The lowest BCUT2D eigenvalue weighted by molar-refractivity contribution is 0.170. The Morgan fingerprint density at radius 2 is 2.06 bits per heavy atom. The molecule has 0 aliphatic rings. The van der Waals surface area contributed by atoms with Gasteiger partial charge in [0.25, 0.3) is 0 Å². The molecule has 0 amide bonds. The van der Waals surface area contributed by atoms with Gasteiger partial charge in [-0.3, -0.25) is 0 Å². The first-order valence-corrected chi connectivity index (χ1v) is 8.45. The van der Waals surface area contributed by atoms with Crippen molar-refractivity contribution in [2.75, 3.05) is 11.5 Å². The largest absolute Gasteiger partial charge is 0.388 e. The minimum Gasteiger partial charge on any atom is -0.388 e.